The lowest BCUT2D eigenvalue weighted by Crippen LogP contribution is -2.13. The molecule has 2 aromatic carbocycles. The highest BCUT2D eigenvalue weighted by molar-refractivity contribution is 6.04. The topological polar surface area (TPSA) is 64.6 Å². The first-order valence-electron chi connectivity index (χ1n) is 7.42. The SMILES string of the molecule is CCOCCOC(=O)c1ccc(NC(=O)c2ccccc2)cc1. The summed E-state index contributed by atoms with van der Waals surface area (Å²) in [6.07, 6.45) is 0. The molecule has 2 rings (SSSR count). The molecule has 2 aromatic rings. The predicted octanol–water partition coefficient (Wildman–Crippen LogP) is 3.13. The summed E-state index contributed by atoms with van der Waals surface area (Å²) in [5, 5.41) is 2.77. The molecular weight excluding hydrogens is 294 g/mol. The van der Waals surface area contributed by atoms with E-state index in [0.717, 1.165) is 0 Å². The largest absolute Gasteiger partial charge is 0.460 e. The van der Waals surface area contributed by atoms with Crippen LogP contribution in [0.15, 0.2) is 54.6 Å². The molecule has 5 nitrogen and oxygen atoms in total. The molecule has 1 amide bonds. The Morgan fingerprint density at radius 3 is 2.26 bits per heavy atom. The van der Waals surface area contributed by atoms with E-state index in [1.54, 1.807) is 48.5 Å². The Morgan fingerprint density at radius 2 is 1.61 bits per heavy atom. The van der Waals surface area contributed by atoms with Gasteiger partial charge in [0.2, 0.25) is 0 Å². The summed E-state index contributed by atoms with van der Waals surface area (Å²) in [6, 6.07) is 15.5. The molecule has 0 spiro atoms. The van der Waals surface area contributed by atoms with Crippen LogP contribution in [-0.4, -0.2) is 31.7 Å². The van der Waals surface area contributed by atoms with Crippen molar-refractivity contribution in [2.24, 2.45) is 0 Å². The van der Waals surface area contributed by atoms with Gasteiger partial charge in [-0.2, -0.15) is 0 Å². The Morgan fingerprint density at radius 1 is 0.913 bits per heavy atom. The van der Waals surface area contributed by atoms with Gasteiger partial charge in [-0.15, -0.1) is 0 Å². The second-order valence-electron chi connectivity index (χ2n) is 4.73. The van der Waals surface area contributed by atoms with Gasteiger partial charge < -0.3 is 14.8 Å². The first kappa shape index (κ1) is 16.7. The van der Waals surface area contributed by atoms with E-state index in [9.17, 15) is 9.59 Å². The quantitative estimate of drug-likeness (QED) is 0.630. The average molecular weight is 313 g/mol. The lowest BCUT2D eigenvalue weighted by Gasteiger charge is -2.07. The summed E-state index contributed by atoms with van der Waals surface area (Å²) >= 11 is 0. The summed E-state index contributed by atoms with van der Waals surface area (Å²) in [4.78, 5) is 23.8. The van der Waals surface area contributed by atoms with Crippen LogP contribution in [0.2, 0.25) is 0 Å². The minimum Gasteiger partial charge on any atom is -0.460 e. The van der Waals surface area contributed by atoms with Gasteiger partial charge in [-0.3, -0.25) is 4.79 Å². The van der Waals surface area contributed by atoms with Crippen LogP contribution in [0.4, 0.5) is 5.69 Å². The monoisotopic (exact) mass is 313 g/mol. The van der Waals surface area contributed by atoms with Crippen molar-refractivity contribution in [2.75, 3.05) is 25.1 Å². The molecule has 23 heavy (non-hydrogen) atoms. The first-order valence-corrected chi connectivity index (χ1v) is 7.42. The molecule has 120 valence electrons. The van der Waals surface area contributed by atoms with Crippen molar-refractivity contribution < 1.29 is 19.1 Å². The average Bonchev–Trinajstić information content (AvgIpc) is 2.60. The molecule has 0 bridgehead atoms. The third kappa shape index (κ3) is 5.23. The molecule has 0 fully saturated rings. The molecule has 0 unspecified atom stereocenters. The molecule has 0 heterocycles. The Bertz CT molecular complexity index is 638. The van der Waals surface area contributed by atoms with Crippen molar-refractivity contribution >= 4 is 17.6 Å². The van der Waals surface area contributed by atoms with E-state index in [-0.39, 0.29) is 12.5 Å². The summed E-state index contributed by atoms with van der Waals surface area (Å²) in [5.74, 6) is -0.608. The minimum absolute atomic E-state index is 0.197. The number of hydrogen-bond donors (Lipinski definition) is 1. The zero-order valence-electron chi connectivity index (χ0n) is 13.0. The molecule has 0 saturated heterocycles. The number of carbonyl (C=O) groups is 2. The van der Waals surface area contributed by atoms with Gasteiger partial charge in [-0.05, 0) is 43.3 Å². The van der Waals surface area contributed by atoms with E-state index in [0.29, 0.717) is 30.0 Å². The second-order valence-corrected chi connectivity index (χ2v) is 4.73. The van der Waals surface area contributed by atoms with Gasteiger partial charge in [0, 0.05) is 17.9 Å². The van der Waals surface area contributed by atoms with E-state index in [4.69, 9.17) is 9.47 Å². The smallest absolute Gasteiger partial charge is 0.338 e. The fraction of sp³-hybridized carbons (Fsp3) is 0.222. The highest BCUT2D eigenvalue weighted by atomic mass is 16.6. The molecule has 1 N–H and O–H groups in total. The van der Waals surface area contributed by atoms with Gasteiger partial charge in [-0.25, -0.2) is 4.79 Å². The molecule has 0 aliphatic rings. The standard InChI is InChI=1S/C18H19NO4/c1-2-22-12-13-23-18(21)15-8-10-16(11-9-15)19-17(20)14-6-4-3-5-7-14/h3-11H,2,12-13H2,1H3,(H,19,20). The van der Waals surface area contributed by atoms with Crippen molar-refractivity contribution in [3.8, 4) is 0 Å². The molecular formula is C18H19NO4. The van der Waals surface area contributed by atoms with Gasteiger partial charge in [0.15, 0.2) is 0 Å². The Labute approximate surface area is 135 Å². The predicted molar refractivity (Wildman–Crippen MR) is 87.6 cm³/mol. The van der Waals surface area contributed by atoms with Crippen molar-refractivity contribution in [1.82, 2.24) is 0 Å². The molecule has 0 atom stereocenters. The molecule has 0 radical (unpaired) electrons. The van der Waals surface area contributed by atoms with Crippen LogP contribution in [-0.2, 0) is 9.47 Å². The number of carbonyl (C=O) groups excluding carboxylic acids is 2. The lowest BCUT2D eigenvalue weighted by atomic mass is 10.2. The fourth-order valence-corrected chi connectivity index (χ4v) is 1.90. The summed E-state index contributed by atoms with van der Waals surface area (Å²) in [5.41, 5.74) is 1.62. The van der Waals surface area contributed by atoms with Gasteiger partial charge in [0.1, 0.15) is 6.61 Å². The molecule has 0 saturated carbocycles. The van der Waals surface area contributed by atoms with Crippen LogP contribution in [0.3, 0.4) is 0 Å². The van der Waals surface area contributed by atoms with Gasteiger partial charge in [0.25, 0.3) is 5.91 Å². The maximum atomic E-state index is 12.0. The second kappa shape index (κ2) is 8.70. The van der Waals surface area contributed by atoms with Crippen LogP contribution < -0.4 is 5.32 Å². The molecule has 0 aromatic heterocycles. The number of esters is 1. The van der Waals surface area contributed by atoms with E-state index in [1.807, 2.05) is 13.0 Å². The number of ether oxygens (including phenoxy) is 2. The van der Waals surface area contributed by atoms with Crippen molar-refractivity contribution in [3.05, 3.63) is 65.7 Å². The lowest BCUT2D eigenvalue weighted by molar-refractivity contribution is 0.0335. The number of anilines is 1. The van der Waals surface area contributed by atoms with E-state index in [1.165, 1.54) is 0 Å². The zero-order valence-corrected chi connectivity index (χ0v) is 13.0. The number of benzene rings is 2. The van der Waals surface area contributed by atoms with Crippen molar-refractivity contribution in [1.29, 1.82) is 0 Å². The number of nitrogens with one attached hydrogen (secondary N) is 1. The Balaban J connectivity index is 1.89. The summed E-state index contributed by atoms with van der Waals surface area (Å²) in [6.45, 7) is 3.07. The van der Waals surface area contributed by atoms with E-state index in [2.05, 4.69) is 5.32 Å². The van der Waals surface area contributed by atoms with Crippen LogP contribution in [0, 0.1) is 0 Å². The van der Waals surface area contributed by atoms with E-state index < -0.39 is 5.97 Å². The van der Waals surface area contributed by atoms with Crippen LogP contribution in [0.5, 0.6) is 0 Å². The highest BCUT2D eigenvalue weighted by Gasteiger charge is 2.08. The summed E-state index contributed by atoms with van der Waals surface area (Å²) in [7, 11) is 0. The highest BCUT2D eigenvalue weighted by Crippen LogP contribution is 2.12. The van der Waals surface area contributed by atoms with Crippen LogP contribution in [0.1, 0.15) is 27.6 Å². The van der Waals surface area contributed by atoms with Gasteiger partial charge >= 0.3 is 5.97 Å². The Kier molecular flexibility index (Phi) is 6.32. The third-order valence-corrected chi connectivity index (χ3v) is 3.08. The Hall–Kier alpha value is -2.66. The zero-order chi connectivity index (χ0) is 16.5. The number of rotatable bonds is 7. The van der Waals surface area contributed by atoms with E-state index >= 15 is 0 Å². The van der Waals surface area contributed by atoms with Crippen molar-refractivity contribution in [3.63, 3.8) is 0 Å². The maximum Gasteiger partial charge on any atom is 0.338 e. The minimum atomic E-state index is -0.411. The molecule has 0 aliphatic heterocycles. The number of amides is 1. The van der Waals surface area contributed by atoms with Gasteiger partial charge in [0.05, 0.1) is 12.2 Å². The van der Waals surface area contributed by atoms with Gasteiger partial charge in [-0.1, -0.05) is 18.2 Å². The maximum absolute atomic E-state index is 12.0. The third-order valence-electron chi connectivity index (χ3n) is 3.08. The van der Waals surface area contributed by atoms with Crippen LogP contribution in [0.25, 0.3) is 0 Å². The number of hydrogen-bond acceptors (Lipinski definition) is 4. The molecule has 0 aliphatic carbocycles. The van der Waals surface area contributed by atoms with Crippen molar-refractivity contribution in [2.45, 2.75) is 6.92 Å². The first-order chi connectivity index (χ1) is 11.2. The molecule has 5 heteroatoms. The fourth-order valence-electron chi connectivity index (χ4n) is 1.90. The summed E-state index contributed by atoms with van der Waals surface area (Å²) < 4.78 is 10.2. The normalized spacial score (nSPS) is 10.1. The van der Waals surface area contributed by atoms with Crippen LogP contribution >= 0.6 is 0 Å².